The van der Waals surface area contributed by atoms with E-state index in [-0.39, 0.29) is 23.9 Å². The van der Waals surface area contributed by atoms with Crippen LogP contribution in [0.3, 0.4) is 0 Å². The molecule has 2 rings (SSSR count). The number of carbonyl (C=O) groups is 3. The first kappa shape index (κ1) is 17.8. The number of carboxylic acids is 2. The fourth-order valence-electron chi connectivity index (χ4n) is 2.88. The molecule has 0 saturated carbocycles. The molecule has 0 aromatic heterocycles. The molecule has 0 unspecified atom stereocenters. The summed E-state index contributed by atoms with van der Waals surface area (Å²) in [4.78, 5) is 35.2. The molecule has 1 fully saturated rings. The number of piperidine rings is 1. The van der Waals surface area contributed by atoms with Crippen molar-refractivity contribution in [1.29, 1.82) is 0 Å². The van der Waals surface area contributed by atoms with Gasteiger partial charge in [0.1, 0.15) is 0 Å². The van der Waals surface area contributed by atoms with Crippen molar-refractivity contribution in [1.82, 2.24) is 10.2 Å². The molecule has 1 saturated heterocycles. The third-order valence-corrected chi connectivity index (χ3v) is 4.18. The lowest BCUT2D eigenvalue weighted by molar-refractivity contribution is -0.137. The molecule has 7 heteroatoms. The SMILES string of the molecule is O=C(O)CCCNC(=O)N1CCC[C@H](c2ccc(C(=O)O)cc2)C1. The van der Waals surface area contributed by atoms with Crippen LogP contribution in [0.1, 0.15) is 47.5 Å². The van der Waals surface area contributed by atoms with Crippen LogP contribution in [-0.4, -0.2) is 52.7 Å². The summed E-state index contributed by atoms with van der Waals surface area (Å²) in [5.41, 5.74) is 1.28. The number of carboxylic acid groups (broad SMARTS) is 2. The second-order valence-electron chi connectivity index (χ2n) is 5.94. The van der Waals surface area contributed by atoms with Crippen LogP contribution < -0.4 is 5.32 Å². The van der Waals surface area contributed by atoms with E-state index in [0.29, 0.717) is 26.1 Å². The maximum Gasteiger partial charge on any atom is 0.335 e. The van der Waals surface area contributed by atoms with Crippen LogP contribution in [0.2, 0.25) is 0 Å². The molecule has 1 aromatic carbocycles. The minimum Gasteiger partial charge on any atom is -0.481 e. The van der Waals surface area contributed by atoms with Gasteiger partial charge in [0, 0.05) is 32.0 Å². The number of nitrogens with one attached hydrogen (secondary N) is 1. The van der Waals surface area contributed by atoms with Gasteiger partial charge in [-0.3, -0.25) is 4.79 Å². The second-order valence-corrected chi connectivity index (χ2v) is 5.94. The molecule has 0 bridgehead atoms. The summed E-state index contributed by atoms with van der Waals surface area (Å²) in [6.07, 6.45) is 2.29. The van der Waals surface area contributed by atoms with E-state index in [4.69, 9.17) is 10.2 Å². The highest BCUT2D eigenvalue weighted by atomic mass is 16.4. The number of aromatic carboxylic acids is 1. The van der Waals surface area contributed by atoms with Gasteiger partial charge in [0.2, 0.25) is 0 Å². The predicted octanol–water partition coefficient (Wildman–Crippen LogP) is 2.14. The molecule has 1 aromatic rings. The van der Waals surface area contributed by atoms with Crippen molar-refractivity contribution in [2.45, 2.75) is 31.6 Å². The Morgan fingerprint density at radius 1 is 1.17 bits per heavy atom. The Morgan fingerprint density at radius 3 is 2.50 bits per heavy atom. The van der Waals surface area contributed by atoms with Crippen molar-refractivity contribution in [3.05, 3.63) is 35.4 Å². The van der Waals surface area contributed by atoms with Gasteiger partial charge < -0.3 is 20.4 Å². The van der Waals surface area contributed by atoms with Crippen molar-refractivity contribution in [3.8, 4) is 0 Å². The van der Waals surface area contributed by atoms with Gasteiger partial charge in [-0.15, -0.1) is 0 Å². The molecule has 1 atom stereocenters. The van der Waals surface area contributed by atoms with Gasteiger partial charge in [-0.2, -0.15) is 0 Å². The summed E-state index contributed by atoms with van der Waals surface area (Å²) in [7, 11) is 0. The minimum atomic E-state index is -0.951. The van der Waals surface area contributed by atoms with Gasteiger partial charge in [0.15, 0.2) is 0 Å². The summed E-state index contributed by atoms with van der Waals surface area (Å²) in [5, 5.41) is 20.3. The summed E-state index contributed by atoms with van der Waals surface area (Å²) >= 11 is 0. The largest absolute Gasteiger partial charge is 0.481 e. The number of hydrogen-bond donors (Lipinski definition) is 3. The number of hydrogen-bond acceptors (Lipinski definition) is 3. The fraction of sp³-hybridized carbons (Fsp3) is 0.471. The number of aliphatic carboxylic acids is 1. The molecule has 24 heavy (non-hydrogen) atoms. The van der Waals surface area contributed by atoms with E-state index in [2.05, 4.69) is 5.32 Å². The Labute approximate surface area is 140 Å². The van der Waals surface area contributed by atoms with Crippen molar-refractivity contribution in [3.63, 3.8) is 0 Å². The maximum atomic E-state index is 12.2. The van der Waals surface area contributed by atoms with Gasteiger partial charge in [-0.05, 0) is 37.0 Å². The molecular weight excluding hydrogens is 312 g/mol. The third kappa shape index (κ3) is 4.97. The van der Waals surface area contributed by atoms with Crippen LogP contribution in [0, 0.1) is 0 Å². The molecular formula is C17H22N2O5. The molecule has 3 N–H and O–H groups in total. The summed E-state index contributed by atoms with van der Waals surface area (Å²) in [5.74, 6) is -1.63. The Bertz CT molecular complexity index is 600. The van der Waals surface area contributed by atoms with E-state index in [1.807, 2.05) is 12.1 Å². The van der Waals surface area contributed by atoms with Gasteiger partial charge >= 0.3 is 18.0 Å². The molecule has 7 nitrogen and oxygen atoms in total. The molecule has 0 aliphatic carbocycles. The Hall–Kier alpha value is -2.57. The second kappa shape index (κ2) is 8.33. The smallest absolute Gasteiger partial charge is 0.335 e. The summed E-state index contributed by atoms with van der Waals surface area (Å²) in [6.45, 7) is 1.60. The molecule has 0 spiro atoms. The Kier molecular flexibility index (Phi) is 6.17. The normalized spacial score (nSPS) is 17.3. The maximum absolute atomic E-state index is 12.2. The van der Waals surface area contributed by atoms with Crippen LogP contribution >= 0.6 is 0 Å². The van der Waals surface area contributed by atoms with Crippen LogP contribution in [-0.2, 0) is 4.79 Å². The van der Waals surface area contributed by atoms with Crippen molar-refractivity contribution >= 4 is 18.0 Å². The lowest BCUT2D eigenvalue weighted by atomic mass is 9.90. The number of benzene rings is 1. The standard InChI is InChI=1S/C17H22N2O5/c20-15(21)4-1-9-18-17(24)19-10-2-3-14(11-19)12-5-7-13(8-6-12)16(22)23/h5-8,14H,1-4,9-11H2,(H,18,24)(H,20,21)(H,22,23)/t14-/m0/s1. The first-order valence-electron chi connectivity index (χ1n) is 8.05. The van der Waals surface area contributed by atoms with Gasteiger partial charge in [0.05, 0.1) is 5.56 Å². The Balaban J connectivity index is 1.87. The zero-order chi connectivity index (χ0) is 17.5. The van der Waals surface area contributed by atoms with Crippen LogP contribution in [0.4, 0.5) is 4.79 Å². The minimum absolute atomic E-state index is 0.0405. The van der Waals surface area contributed by atoms with E-state index in [1.165, 1.54) is 0 Å². The van der Waals surface area contributed by atoms with Crippen LogP contribution in [0.15, 0.2) is 24.3 Å². The zero-order valence-electron chi connectivity index (χ0n) is 13.4. The van der Waals surface area contributed by atoms with E-state index >= 15 is 0 Å². The molecule has 130 valence electrons. The summed E-state index contributed by atoms with van der Waals surface area (Å²) < 4.78 is 0. The first-order chi connectivity index (χ1) is 11.5. The number of nitrogens with zero attached hydrogens (tertiary/aromatic N) is 1. The lowest BCUT2D eigenvalue weighted by Gasteiger charge is -2.33. The first-order valence-corrected chi connectivity index (χ1v) is 8.05. The molecule has 2 amide bonds. The van der Waals surface area contributed by atoms with Crippen molar-refractivity contribution < 1.29 is 24.6 Å². The number of rotatable bonds is 6. The summed E-state index contributed by atoms with van der Waals surface area (Å²) in [6, 6.07) is 6.61. The van der Waals surface area contributed by atoms with E-state index in [1.54, 1.807) is 17.0 Å². The van der Waals surface area contributed by atoms with Crippen LogP contribution in [0.25, 0.3) is 0 Å². The van der Waals surface area contributed by atoms with Gasteiger partial charge in [-0.25, -0.2) is 9.59 Å². The molecule has 1 heterocycles. The molecule has 1 aliphatic rings. The van der Waals surface area contributed by atoms with Crippen molar-refractivity contribution in [2.24, 2.45) is 0 Å². The average molecular weight is 334 g/mol. The van der Waals surface area contributed by atoms with E-state index < -0.39 is 11.9 Å². The van der Waals surface area contributed by atoms with Crippen LogP contribution in [0.5, 0.6) is 0 Å². The number of likely N-dealkylation sites (tertiary alicyclic amines) is 1. The highest BCUT2D eigenvalue weighted by molar-refractivity contribution is 5.87. The topological polar surface area (TPSA) is 107 Å². The van der Waals surface area contributed by atoms with Gasteiger partial charge in [-0.1, -0.05) is 12.1 Å². The molecule has 1 aliphatic heterocycles. The Morgan fingerprint density at radius 2 is 1.88 bits per heavy atom. The predicted molar refractivity (Wildman–Crippen MR) is 87.2 cm³/mol. The zero-order valence-corrected chi connectivity index (χ0v) is 13.4. The number of amides is 2. The highest BCUT2D eigenvalue weighted by Gasteiger charge is 2.24. The van der Waals surface area contributed by atoms with E-state index in [9.17, 15) is 14.4 Å². The lowest BCUT2D eigenvalue weighted by Crippen LogP contribution is -2.45. The van der Waals surface area contributed by atoms with Crippen molar-refractivity contribution in [2.75, 3.05) is 19.6 Å². The fourth-order valence-corrected chi connectivity index (χ4v) is 2.88. The monoisotopic (exact) mass is 334 g/mol. The molecule has 0 radical (unpaired) electrons. The van der Waals surface area contributed by atoms with E-state index in [0.717, 1.165) is 18.4 Å². The highest BCUT2D eigenvalue weighted by Crippen LogP contribution is 2.27. The number of carbonyl (C=O) groups excluding carboxylic acids is 1. The van der Waals surface area contributed by atoms with Gasteiger partial charge in [0.25, 0.3) is 0 Å². The number of urea groups is 1. The average Bonchev–Trinajstić information content (AvgIpc) is 2.58. The quantitative estimate of drug-likeness (QED) is 0.691. The third-order valence-electron chi connectivity index (χ3n) is 4.18.